The minimum atomic E-state index is -0.367. The van der Waals surface area contributed by atoms with Crippen molar-refractivity contribution in [3.8, 4) is 0 Å². The Bertz CT molecular complexity index is 964. The lowest BCUT2D eigenvalue weighted by Crippen LogP contribution is -2.31. The molecule has 0 bridgehead atoms. The van der Waals surface area contributed by atoms with Crippen LogP contribution >= 0.6 is 0 Å². The molecule has 2 heterocycles. The Morgan fingerprint density at radius 3 is 2.66 bits per heavy atom. The van der Waals surface area contributed by atoms with Gasteiger partial charge in [-0.15, -0.1) is 0 Å². The van der Waals surface area contributed by atoms with E-state index in [1.54, 1.807) is 34.0 Å². The highest BCUT2D eigenvalue weighted by molar-refractivity contribution is 5.98. The number of benzene rings is 1. The highest BCUT2D eigenvalue weighted by Crippen LogP contribution is 2.22. The Hall–Kier alpha value is -2.70. The fourth-order valence-corrected chi connectivity index (χ4v) is 3.60. The summed E-state index contributed by atoms with van der Waals surface area (Å²) in [6, 6.07) is 5.16. The van der Waals surface area contributed by atoms with E-state index in [0.29, 0.717) is 48.1 Å². The van der Waals surface area contributed by atoms with Crippen LogP contribution in [0.4, 0.5) is 5.69 Å². The second-order valence-electron chi connectivity index (χ2n) is 8.74. The monoisotopic (exact) mass is 398 g/mol. The van der Waals surface area contributed by atoms with Gasteiger partial charge in [-0.1, -0.05) is 27.7 Å². The summed E-state index contributed by atoms with van der Waals surface area (Å²) in [6.07, 6.45) is 2.71. The molecule has 1 aliphatic heterocycles. The summed E-state index contributed by atoms with van der Waals surface area (Å²) in [7, 11) is 0. The standard InChI is InChI=1S/C22H30N4O3/c1-14(2)7-8-25-13-23-19-6-5-17(10-18(19)22(25)29)24-21(28)16-9-20(27)26(12-16)11-15(3)4/h5-6,10,13-16H,7-9,11-12H2,1-4H3,(H,24,28)/t16-/m1/s1. The molecule has 1 aromatic carbocycles. The Balaban J connectivity index is 1.75. The summed E-state index contributed by atoms with van der Waals surface area (Å²) in [4.78, 5) is 43.7. The van der Waals surface area contributed by atoms with Crippen LogP contribution in [0.1, 0.15) is 40.5 Å². The topological polar surface area (TPSA) is 84.3 Å². The maximum atomic E-state index is 12.8. The zero-order valence-electron chi connectivity index (χ0n) is 17.6. The van der Waals surface area contributed by atoms with Gasteiger partial charge in [0.15, 0.2) is 0 Å². The molecule has 0 saturated carbocycles. The first-order valence-electron chi connectivity index (χ1n) is 10.3. The van der Waals surface area contributed by atoms with Gasteiger partial charge in [0.1, 0.15) is 0 Å². The van der Waals surface area contributed by atoms with Gasteiger partial charge in [0.25, 0.3) is 5.56 Å². The third-order valence-corrected chi connectivity index (χ3v) is 5.21. The number of likely N-dealkylation sites (tertiary alicyclic amines) is 1. The summed E-state index contributed by atoms with van der Waals surface area (Å²) in [6.45, 7) is 10.1. The van der Waals surface area contributed by atoms with Crippen molar-refractivity contribution in [2.45, 2.75) is 47.1 Å². The number of amides is 2. The number of hydrogen-bond donors (Lipinski definition) is 1. The molecule has 1 atom stereocenters. The van der Waals surface area contributed by atoms with Crippen molar-refractivity contribution in [2.24, 2.45) is 17.8 Å². The number of carbonyl (C=O) groups excluding carboxylic acids is 2. The van der Waals surface area contributed by atoms with Gasteiger partial charge < -0.3 is 10.2 Å². The molecule has 0 spiro atoms. The number of aromatic nitrogens is 2. The van der Waals surface area contributed by atoms with Gasteiger partial charge in [-0.05, 0) is 36.5 Å². The van der Waals surface area contributed by atoms with Crippen LogP contribution in [0.5, 0.6) is 0 Å². The average molecular weight is 399 g/mol. The molecule has 156 valence electrons. The molecular weight excluding hydrogens is 368 g/mol. The summed E-state index contributed by atoms with van der Waals surface area (Å²) in [5.41, 5.74) is 1.05. The molecule has 3 rings (SSSR count). The van der Waals surface area contributed by atoms with E-state index in [0.717, 1.165) is 6.42 Å². The number of anilines is 1. The molecule has 1 fully saturated rings. The van der Waals surface area contributed by atoms with E-state index < -0.39 is 0 Å². The Kier molecular flexibility index (Phi) is 6.35. The van der Waals surface area contributed by atoms with E-state index in [-0.39, 0.29) is 29.7 Å². The number of carbonyl (C=O) groups is 2. The third-order valence-electron chi connectivity index (χ3n) is 5.21. The maximum absolute atomic E-state index is 12.8. The molecule has 0 unspecified atom stereocenters. The van der Waals surface area contributed by atoms with Crippen LogP contribution < -0.4 is 10.9 Å². The molecular formula is C22H30N4O3. The normalized spacial score (nSPS) is 17.0. The molecule has 7 nitrogen and oxygen atoms in total. The molecule has 2 aromatic rings. The lowest BCUT2D eigenvalue weighted by Gasteiger charge is -2.18. The lowest BCUT2D eigenvalue weighted by molar-refractivity contribution is -0.128. The Labute approximate surface area is 171 Å². The van der Waals surface area contributed by atoms with Crippen LogP contribution in [0.25, 0.3) is 10.9 Å². The van der Waals surface area contributed by atoms with Crippen molar-refractivity contribution in [1.82, 2.24) is 14.5 Å². The number of rotatable bonds is 7. The van der Waals surface area contributed by atoms with Gasteiger partial charge >= 0.3 is 0 Å². The summed E-state index contributed by atoms with van der Waals surface area (Å²) < 4.78 is 1.62. The highest BCUT2D eigenvalue weighted by Gasteiger charge is 2.34. The van der Waals surface area contributed by atoms with Crippen LogP contribution in [0.15, 0.2) is 29.3 Å². The summed E-state index contributed by atoms with van der Waals surface area (Å²) >= 11 is 0. The van der Waals surface area contributed by atoms with Crippen molar-refractivity contribution >= 4 is 28.4 Å². The number of nitrogens with zero attached hydrogens (tertiary/aromatic N) is 3. The SMILES string of the molecule is CC(C)CCn1cnc2ccc(NC(=O)[C@@H]3CC(=O)N(CC(C)C)C3)cc2c1=O. The van der Waals surface area contributed by atoms with Crippen LogP contribution in [0.2, 0.25) is 0 Å². The van der Waals surface area contributed by atoms with Crippen LogP contribution in [-0.2, 0) is 16.1 Å². The van der Waals surface area contributed by atoms with Crippen molar-refractivity contribution in [3.63, 3.8) is 0 Å². The maximum Gasteiger partial charge on any atom is 0.261 e. The smallest absolute Gasteiger partial charge is 0.261 e. The van der Waals surface area contributed by atoms with Crippen LogP contribution in [-0.4, -0.2) is 39.4 Å². The quantitative estimate of drug-likeness (QED) is 0.777. The molecule has 1 aliphatic rings. The molecule has 2 amide bonds. The molecule has 1 saturated heterocycles. The molecule has 7 heteroatoms. The first-order valence-corrected chi connectivity index (χ1v) is 10.3. The second-order valence-corrected chi connectivity index (χ2v) is 8.74. The second kappa shape index (κ2) is 8.76. The fraction of sp³-hybridized carbons (Fsp3) is 0.545. The van der Waals surface area contributed by atoms with E-state index in [9.17, 15) is 14.4 Å². The van der Waals surface area contributed by atoms with Crippen molar-refractivity contribution in [1.29, 1.82) is 0 Å². The molecule has 29 heavy (non-hydrogen) atoms. The van der Waals surface area contributed by atoms with Gasteiger partial charge in [-0.25, -0.2) is 4.98 Å². The van der Waals surface area contributed by atoms with Crippen LogP contribution in [0.3, 0.4) is 0 Å². The summed E-state index contributed by atoms with van der Waals surface area (Å²) in [5.74, 6) is 0.329. The molecule has 0 radical (unpaired) electrons. The number of hydrogen-bond acceptors (Lipinski definition) is 4. The lowest BCUT2D eigenvalue weighted by atomic mass is 10.1. The van der Waals surface area contributed by atoms with Gasteiger partial charge in [-0.2, -0.15) is 0 Å². The van der Waals surface area contributed by atoms with Gasteiger partial charge in [0, 0.05) is 31.7 Å². The average Bonchev–Trinajstić information content (AvgIpc) is 3.01. The van der Waals surface area contributed by atoms with Crippen molar-refractivity contribution in [2.75, 3.05) is 18.4 Å². The number of fused-ring (bicyclic) bond motifs is 1. The number of aryl methyl sites for hydroxylation is 1. The van der Waals surface area contributed by atoms with Crippen molar-refractivity contribution < 1.29 is 9.59 Å². The minimum Gasteiger partial charge on any atom is -0.342 e. The van der Waals surface area contributed by atoms with Gasteiger partial charge in [0.05, 0.1) is 23.1 Å². The largest absolute Gasteiger partial charge is 0.342 e. The minimum absolute atomic E-state index is 0.0228. The van der Waals surface area contributed by atoms with Crippen LogP contribution in [0, 0.1) is 17.8 Å². The molecule has 1 N–H and O–H groups in total. The summed E-state index contributed by atoms with van der Waals surface area (Å²) in [5, 5.41) is 3.36. The van der Waals surface area contributed by atoms with E-state index in [2.05, 4.69) is 38.0 Å². The van der Waals surface area contributed by atoms with E-state index >= 15 is 0 Å². The Morgan fingerprint density at radius 2 is 1.97 bits per heavy atom. The zero-order chi connectivity index (χ0) is 21.1. The van der Waals surface area contributed by atoms with E-state index in [1.165, 1.54) is 0 Å². The van der Waals surface area contributed by atoms with E-state index in [1.807, 2.05) is 0 Å². The molecule has 1 aromatic heterocycles. The molecule has 0 aliphatic carbocycles. The fourth-order valence-electron chi connectivity index (χ4n) is 3.60. The number of nitrogens with one attached hydrogen (secondary N) is 1. The zero-order valence-corrected chi connectivity index (χ0v) is 17.6. The highest BCUT2D eigenvalue weighted by atomic mass is 16.2. The predicted octanol–water partition coefficient (Wildman–Crippen LogP) is 2.89. The van der Waals surface area contributed by atoms with Gasteiger partial charge in [0.2, 0.25) is 11.8 Å². The van der Waals surface area contributed by atoms with Crippen molar-refractivity contribution in [3.05, 3.63) is 34.9 Å². The predicted molar refractivity (Wildman–Crippen MR) is 114 cm³/mol. The third kappa shape index (κ3) is 5.02. The van der Waals surface area contributed by atoms with E-state index in [4.69, 9.17) is 0 Å². The first-order chi connectivity index (χ1) is 13.7. The first kappa shape index (κ1) is 21.0. The van der Waals surface area contributed by atoms with Gasteiger partial charge in [-0.3, -0.25) is 19.0 Å². The Morgan fingerprint density at radius 1 is 1.21 bits per heavy atom.